The maximum Gasteiger partial charge on any atom is 0.243 e. The molecule has 6 nitrogen and oxygen atoms in total. The number of carbonyl (C=O) groups excluding carboxylic acids is 1. The summed E-state index contributed by atoms with van der Waals surface area (Å²) in [4.78, 5) is 14.8. The van der Waals surface area contributed by atoms with Crippen LogP contribution in [0.3, 0.4) is 0 Å². The number of nitrogens with zero attached hydrogens (tertiary/aromatic N) is 2. The molecule has 2 aromatic rings. The number of fused-ring (bicyclic) bond motifs is 1. The van der Waals surface area contributed by atoms with Crippen molar-refractivity contribution in [2.45, 2.75) is 25.8 Å². The Balaban J connectivity index is 1.59. The zero-order valence-electron chi connectivity index (χ0n) is 16.9. The molecule has 3 rings (SSSR count). The highest BCUT2D eigenvalue weighted by Gasteiger charge is 2.29. The standard InChI is InChI=1S/C21H25F2N3O3S/c1-15(26(30(2,28)29)17-8-9-18(22)19(23)14-17)21(27)24-11-5-12-25-13-10-16-6-3-4-7-20(16)25/h3-4,6-9,14-15H,5,10-13H2,1-2H3,(H,24,27). The molecule has 30 heavy (non-hydrogen) atoms. The third-order valence-electron chi connectivity index (χ3n) is 5.13. The number of para-hydroxylation sites is 1. The van der Waals surface area contributed by atoms with Gasteiger partial charge < -0.3 is 10.2 Å². The van der Waals surface area contributed by atoms with E-state index < -0.39 is 33.6 Å². The summed E-state index contributed by atoms with van der Waals surface area (Å²) in [6.45, 7) is 3.48. The molecule has 2 aromatic carbocycles. The first-order valence-electron chi connectivity index (χ1n) is 9.73. The van der Waals surface area contributed by atoms with Crippen molar-refractivity contribution in [2.75, 3.05) is 35.1 Å². The second-order valence-electron chi connectivity index (χ2n) is 7.34. The molecule has 0 spiro atoms. The number of sulfonamides is 1. The van der Waals surface area contributed by atoms with Gasteiger partial charge in [0.25, 0.3) is 0 Å². The molecule has 1 unspecified atom stereocenters. The minimum Gasteiger partial charge on any atom is -0.371 e. The lowest BCUT2D eigenvalue weighted by atomic mass is 10.2. The number of benzene rings is 2. The predicted molar refractivity (Wildman–Crippen MR) is 113 cm³/mol. The van der Waals surface area contributed by atoms with Crippen LogP contribution in [-0.4, -0.2) is 46.3 Å². The molecule has 162 valence electrons. The molecule has 1 aliphatic rings. The summed E-state index contributed by atoms with van der Waals surface area (Å²) in [6.07, 6.45) is 2.61. The highest BCUT2D eigenvalue weighted by molar-refractivity contribution is 7.92. The summed E-state index contributed by atoms with van der Waals surface area (Å²) in [6, 6.07) is 9.83. The first kappa shape index (κ1) is 22.0. The Morgan fingerprint density at radius 1 is 1.20 bits per heavy atom. The highest BCUT2D eigenvalue weighted by Crippen LogP contribution is 2.27. The van der Waals surface area contributed by atoms with Crippen molar-refractivity contribution in [3.8, 4) is 0 Å². The fourth-order valence-corrected chi connectivity index (χ4v) is 4.87. The first-order valence-corrected chi connectivity index (χ1v) is 11.6. The zero-order valence-corrected chi connectivity index (χ0v) is 17.8. The molecule has 1 atom stereocenters. The van der Waals surface area contributed by atoms with Crippen molar-refractivity contribution >= 4 is 27.3 Å². The van der Waals surface area contributed by atoms with Gasteiger partial charge in [-0.1, -0.05) is 18.2 Å². The van der Waals surface area contributed by atoms with Crippen LogP contribution in [0.1, 0.15) is 18.9 Å². The van der Waals surface area contributed by atoms with Gasteiger partial charge >= 0.3 is 0 Å². The molecule has 0 radical (unpaired) electrons. The number of nitrogens with one attached hydrogen (secondary N) is 1. The molecule has 1 amide bonds. The number of anilines is 2. The molecular formula is C21H25F2N3O3S. The van der Waals surface area contributed by atoms with Crippen LogP contribution in [0.4, 0.5) is 20.2 Å². The summed E-state index contributed by atoms with van der Waals surface area (Å²) in [5.74, 6) is -2.78. The molecule has 1 aliphatic heterocycles. The third kappa shape index (κ3) is 4.89. The topological polar surface area (TPSA) is 69.7 Å². The number of hydrogen-bond donors (Lipinski definition) is 1. The van der Waals surface area contributed by atoms with E-state index in [0.717, 1.165) is 48.3 Å². The van der Waals surface area contributed by atoms with Crippen molar-refractivity contribution in [1.82, 2.24) is 5.32 Å². The Kier molecular flexibility index (Phi) is 6.60. The van der Waals surface area contributed by atoms with E-state index in [2.05, 4.69) is 22.3 Å². The molecule has 9 heteroatoms. The van der Waals surface area contributed by atoms with Crippen LogP contribution in [0, 0.1) is 11.6 Å². The summed E-state index contributed by atoms with van der Waals surface area (Å²) >= 11 is 0. The van der Waals surface area contributed by atoms with Gasteiger partial charge in [0.2, 0.25) is 15.9 Å². The summed E-state index contributed by atoms with van der Waals surface area (Å²) in [5.41, 5.74) is 2.41. The average Bonchev–Trinajstić information content (AvgIpc) is 3.10. The summed E-state index contributed by atoms with van der Waals surface area (Å²) < 4.78 is 52.0. The number of halogens is 2. The molecule has 0 saturated carbocycles. The normalized spacial score (nSPS) is 14.3. The number of hydrogen-bond acceptors (Lipinski definition) is 4. The van der Waals surface area contributed by atoms with E-state index >= 15 is 0 Å². The van der Waals surface area contributed by atoms with Gasteiger partial charge in [-0.3, -0.25) is 9.10 Å². The van der Waals surface area contributed by atoms with Crippen molar-refractivity contribution in [2.24, 2.45) is 0 Å². The second kappa shape index (κ2) is 8.99. The fraction of sp³-hybridized carbons (Fsp3) is 0.381. The first-order chi connectivity index (χ1) is 14.2. The van der Waals surface area contributed by atoms with Crippen molar-refractivity contribution in [1.29, 1.82) is 0 Å². The zero-order chi connectivity index (χ0) is 21.9. The lowest BCUT2D eigenvalue weighted by Crippen LogP contribution is -2.48. The number of carbonyl (C=O) groups is 1. The molecule has 0 bridgehead atoms. The van der Waals surface area contributed by atoms with Crippen LogP contribution >= 0.6 is 0 Å². The van der Waals surface area contributed by atoms with Crippen LogP contribution in [-0.2, 0) is 21.2 Å². The van der Waals surface area contributed by atoms with Gasteiger partial charge in [-0.15, -0.1) is 0 Å². The highest BCUT2D eigenvalue weighted by atomic mass is 32.2. The van der Waals surface area contributed by atoms with E-state index in [4.69, 9.17) is 0 Å². The Hall–Kier alpha value is -2.68. The fourth-order valence-electron chi connectivity index (χ4n) is 3.70. The minimum absolute atomic E-state index is 0.104. The molecule has 0 aliphatic carbocycles. The van der Waals surface area contributed by atoms with Crippen LogP contribution < -0.4 is 14.5 Å². The van der Waals surface area contributed by atoms with Crippen LogP contribution in [0.15, 0.2) is 42.5 Å². The van der Waals surface area contributed by atoms with E-state index in [1.54, 1.807) is 0 Å². The van der Waals surface area contributed by atoms with Gasteiger partial charge in [-0.25, -0.2) is 17.2 Å². The van der Waals surface area contributed by atoms with Gasteiger partial charge in [0, 0.05) is 31.4 Å². The lowest BCUT2D eigenvalue weighted by molar-refractivity contribution is -0.121. The average molecular weight is 438 g/mol. The number of amides is 1. The van der Waals surface area contributed by atoms with Crippen molar-refractivity contribution in [3.05, 3.63) is 59.7 Å². The second-order valence-corrected chi connectivity index (χ2v) is 9.20. The summed E-state index contributed by atoms with van der Waals surface area (Å²) in [5, 5.41) is 2.74. The van der Waals surface area contributed by atoms with E-state index in [1.807, 2.05) is 12.1 Å². The van der Waals surface area contributed by atoms with E-state index in [1.165, 1.54) is 18.2 Å². The van der Waals surface area contributed by atoms with Gasteiger partial charge in [0.1, 0.15) is 6.04 Å². The SMILES string of the molecule is CC(C(=O)NCCCN1CCc2ccccc21)N(c1ccc(F)c(F)c1)S(C)(=O)=O. The molecule has 1 N–H and O–H groups in total. The van der Waals surface area contributed by atoms with Crippen LogP contribution in [0.25, 0.3) is 0 Å². The van der Waals surface area contributed by atoms with Crippen molar-refractivity contribution < 1.29 is 22.0 Å². The Labute approximate surface area is 175 Å². The van der Waals surface area contributed by atoms with Crippen molar-refractivity contribution in [3.63, 3.8) is 0 Å². The minimum atomic E-state index is -3.89. The number of rotatable bonds is 8. The van der Waals surface area contributed by atoms with E-state index in [9.17, 15) is 22.0 Å². The predicted octanol–water partition coefficient (Wildman–Crippen LogP) is 2.69. The van der Waals surface area contributed by atoms with Crippen LogP contribution in [0.2, 0.25) is 0 Å². The molecule has 0 fully saturated rings. The van der Waals surface area contributed by atoms with Gasteiger partial charge in [0.15, 0.2) is 11.6 Å². The largest absolute Gasteiger partial charge is 0.371 e. The summed E-state index contributed by atoms with van der Waals surface area (Å²) in [7, 11) is -3.89. The maximum absolute atomic E-state index is 13.6. The molecule has 0 saturated heterocycles. The molecule has 0 aromatic heterocycles. The maximum atomic E-state index is 13.6. The lowest BCUT2D eigenvalue weighted by Gasteiger charge is -2.28. The Morgan fingerprint density at radius 2 is 1.93 bits per heavy atom. The Morgan fingerprint density at radius 3 is 2.63 bits per heavy atom. The smallest absolute Gasteiger partial charge is 0.243 e. The van der Waals surface area contributed by atoms with Crippen LogP contribution in [0.5, 0.6) is 0 Å². The van der Waals surface area contributed by atoms with Gasteiger partial charge in [-0.2, -0.15) is 0 Å². The Bertz CT molecular complexity index is 1030. The molecular weight excluding hydrogens is 412 g/mol. The monoisotopic (exact) mass is 437 g/mol. The quantitative estimate of drug-likeness (QED) is 0.645. The molecule has 1 heterocycles. The van der Waals surface area contributed by atoms with E-state index in [0.29, 0.717) is 13.0 Å². The third-order valence-corrected chi connectivity index (χ3v) is 6.38. The van der Waals surface area contributed by atoms with Gasteiger partial charge in [0.05, 0.1) is 11.9 Å². The van der Waals surface area contributed by atoms with E-state index in [-0.39, 0.29) is 5.69 Å². The van der Waals surface area contributed by atoms with Gasteiger partial charge in [-0.05, 0) is 43.5 Å².